The molecule has 4 nitrogen and oxygen atoms in total. The van der Waals surface area contributed by atoms with Crippen LogP contribution in [0, 0.1) is 5.82 Å². The number of carbonyl (C=O) groups is 1. The number of urea groups is 1. The molecule has 2 aromatic carbocycles. The lowest BCUT2D eigenvalue weighted by Crippen LogP contribution is -2.39. The van der Waals surface area contributed by atoms with Crippen LogP contribution in [0.15, 0.2) is 59.0 Å². The number of para-hydroxylation sites is 1. The number of carbonyl (C=O) groups excluding carboxylic acids is 1. The second-order valence-corrected chi connectivity index (χ2v) is 6.20. The van der Waals surface area contributed by atoms with Gasteiger partial charge in [-0.25, -0.2) is 9.18 Å². The van der Waals surface area contributed by atoms with Crippen molar-refractivity contribution in [3.8, 4) is 0 Å². The summed E-state index contributed by atoms with van der Waals surface area (Å²) < 4.78 is 19.2. The molecular formula is C20H21FN2O2. The zero-order valence-electron chi connectivity index (χ0n) is 14.5. The molecule has 1 aromatic heterocycles. The fourth-order valence-corrected chi connectivity index (χ4v) is 2.72. The van der Waals surface area contributed by atoms with E-state index in [1.807, 2.05) is 44.2 Å². The summed E-state index contributed by atoms with van der Waals surface area (Å²) >= 11 is 0. The Morgan fingerprint density at radius 1 is 1.12 bits per heavy atom. The number of nitrogens with one attached hydrogen (secondary N) is 1. The summed E-state index contributed by atoms with van der Waals surface area (Å²) in [6.07, 6.45) is 0. The summed E-state index contributed by atoms with van der Waals surface area (Å²) in [4.78, 5) is 14.1. The first-order valence-corrected chi connectivity index (χ1v) is 8.23. The Morgan fingerprint density at radius 3 is 2.60 bits per heavy atom. The molecule has 130 valence electrons. The number of hydrogen-bond donors (Lipinski definition) is 1. The van der Waals surface area contributed by atoms with Crippen LogP contribution in [0.25, 0.3) is 11.0 Å². The van der Waals surface area contributed by atoms with E-state index in [9.17, 15) is 9.18 Å². The average Bonchev–Trinajstić information content (AvgIpc) is 3.04. The molecule has 1 heterocycles. The number of furan rings is 1. The standard InChI is InChI=1S/C20H21FN2O2/c1-13(15-8-6-9-17(21)11-15)22-20(24)23(3)14(2)19-12-16-7-4-5-10-18(16)25-19/h4-14H,1-3H3,(H,22,24)/t13-,14+/m1/s1. The monoisotopic (exact) mass is 340 g/mol. The van der Waals surface area contributed by atoms with E-state index in [0.717, 1.165) is 22.3 Å². The van der Waals surface area contributed by atoms with E-state index in [1.54, 1.807) is 24.1 Å². The van der Waals surface area contributed by atoms with Gasteiger partial charge in [0.15, 0.2) is 0 Å². The van der Waals surface area contributed by atoms with Gasteiger partial charge in [-0.2, -0.15) is 0 Å². The zero-order valence-corrected chi connectivity index (χ0v) is 14.5. The normalized spacial score (nSPS) is 13.4. The number of halogens is 1. The topological polar surface area (TPSA) is 45.5 Å². The fourth-order valence-electron chi connectivity index (χ4n) is 2.72. The Hall–Kier alpha value is -2.82. The molecule has 0 aliphatic heterocycles. The molecule has 25 heavy (non-hydrogen) atoms. The molecule has 2 amide bonds. The Bertz CT molecular complexity index is 857. The number of nitrogens with zero attached hydrogens (tertiary/aromatic N) is 1. The minimum Gasteiger partial charge on any atom is -0.459 e. The highest BCUT2D eigenvalue weighted by atomic mass is 19.1. The van der Waals surface area contributed by atoms with Gasteiger partial charge in [0.05, 0.1) is 12.1 Å². The maximum atomic E-state index is 13.3. The Balaban J connectivity index is 1.70. The third-order valence-electron chi connectivity index (χ3n) is 4.45. The maximum absolute atomic E-state index is 13.3. The second kappa shape index (κ2) is 6.97. The van der Waals surface area contributed by atoms with Crippen molar-refractivity contribution >= 4 is 17.0 Å². The largest absolute Gasteiger partial charge is 0.459 e. The molecule has 0 spiro atoms. The van der Waals surface area contributed by atoms with Crippen LogP contribution < -0.4 is 5.32 Å². The van der Waals surface area contributed by atoms with Crippen molar-refractivity contribution in [2.75, 3.05) is 7.05 Å². The van der Waals surface area contributed by atoms with Crippen molar-refractivity contribution in [1.29, 1.82) is 0 Å². The summed E-state index contributed by atoms with van der Waals surface area (Å²) in [6, 6.07) is 15.1. The van der Waals surface area contributed by atoms with E-state index in [0.29, 0.717) is 0 Å². The molecule has 3 rings (SSSR count). The summed E-state index contributed by atoms with van der Waals surface area (Å²) in [7, 11) is 1.71. The van der Waals surface area contributed by atoms with Gasteiger partial charge in [-0.05, 0) is 43.7 Å². The van der Waals surface area contributed by atoms with Gasteiger partial charge in [-0.1, -0.05) is 30.3 Å². The van der Waals surface area contributed by atoms with E-state index < -0.39 is 0 Å². The third-order valence-corrected chi connectivity index (χ3v) is 4.45. The minimum absolute atomic E-state index is 0.230. The number of benzene rings is 2. The van der Waals surface area contributed by atoms with Crippen molar-refractivity contribution in [3.05, 3.63) is 71.7 Å². The van der Waals surface area contributed by atoms with Crippen LogP contribution in [-0.4, -0.2) is 18.0 Å². The van der Waals surface area contributed by atoms with E-state index in [2.05, 4.69) is 5.32 Å². The average molecular weight is 340 g/mol. The van der Waals surface area contributed by atoms with E-state index >= 15 is 0 Å². The fraction of sp³-hybridized carbons (Fsp3) is 0.250. The second-order valence-electron chi connectivity index (χ2n) is 6.20. The molecule has 0 saturated heterocycles. The lowest BCUT2D eigenvalue weighted by Gasteiger charge is -2.26. The summed E-state index contributed by atoms with van der Waals surface area (Å²) in [5.74, 6) is 0.403. The van der Waals surface area contributed by atoms with Crippen LogP contribution >= 0.6 is 0 Å². The predicted molar refractivity (Wildman–Crippen MR) is 95.7 cm³/mol. The molecule has 0 aliphatic carbocycles. The molecule has 1 N–H and O–H groups in total. The Labute approximate surface area is 146 Å². The smallest absolute Gasteiger partial charge is 0.318 e. The van der Waals surface area contributed by atoms with Gasteiger partial charge in [0.25, 0.3) is 0 Å². The quantitative estimate of drug-likeness (QED) is 0.723. The third kappa shape index (κ3) is 3.65. The highest BCUT2D eigenvalue weighted by Gasteiger charge is 2.22. The van der Waals surface area contributed by atoms with Gasteiger partial charge < -0.3 is 14.6 Å². The molecule has 0 aliphatic rings. The van der Waals surface area contributed by atoms with E-state index in [1.165, 1.54) is 12.1 Å². The first-order chi connectivity index (χ1) is 12.0. The molecule has 0 unspecified atom stereocenters. The highest BCUT2D eigenvalue weighted by molar-refractivity contribution is 5.78. The van der Waals surface area contributed by atoms with Gasteiger partial charge in [-0.15, -0.1) is 0 Å². The first kappa shape index (κ1) is 17.0. The van der Waals surface area contributed by atoms with Gasteiger partial charge in [0, 0.05) is 12.4 Å². The number of rotatable bonds is 4. The van der Waals surface area contributed by atoms with Gasteiger partial charge in [0.1, 0.15) is 17.2 Å². The van der Waals surface area contributed by atoms with Crippen LogP contribution in [0.3, 0.4) is 0 Å². The molecule has 0 fully saturated rings. The number of hydrogen-bond acceptors (Lipinski definition) is 2. The molecule has 0 bridgehead atoms. The van der Waals surface area contributed by atoms with Gasteiger partial charge in [0.2, 0.25) is 0 Å². The van der Waals surface area contributed by atoms with E-state index in [4.69, 9.17) is 4.42 Å². The summed E-state index contributed by atoms with van der Waals surface area (Å²) in [6.45, 7) is 3.73. The highest BCUT2D eigenvalue weighted by Crippen LogP contribution is 2.27. The van der Waals surface area contributed by atoms with Crippen LogP contribution in [0.2, 0.25) is 0 Å². The lowest BCUT2D eigenvalue weighted by atomic mass is 10.1. The zero-order chi connectivity index (χ0) is 18.0. The van der Waals surface area contributed by atoms with Crippen LogP contribution in [0.1, 0.15) is 37.3 Å². The van der Waals surface area contributed by atoms with Crippen molar-refractivity contribution in [3.63, 3.8) is 0 Å². The molecular weight excluding hydrogens is 319 g/mol. The minimum atomic E-state index is -0.317. The van der Waals surface area contributed by atoms with E-state index in [-0.39, 0.29) is 23.9 Å². The molecule has 5 heteroatoms. The first-order valence-electron chi connectivity index (χ1n) is 8.23. The predicted octanol–water partition coefficient (Wildman–Crippen LogP) is 5.04. The molecule has 0 radical (unpaired) electrons. The number of amides is 2. The van der Waals surface area contributed by atoms with Crippen LogP contribution in [0.4, 0.5) is 9.18 Å². The van der Waals surface area contributed by atoms with Gasteiger partial charge >= 0.3 is 6.03 Å². The van der Waals surface area contributed by atoms with Crippen molar-refractivity contribution in [2.45, 2.75) is 25.9 Å². The molecule has 3 aromatic rings. The van der Waals surface area contributed by atoms with Crippen molar-refractivity contribution in [2.24, 2.45) is 0 Å². The molecule has 2 atom stereocenters. The molecule has 0 saturated carbocycles. The summed E-state index contributed by atoms with van der Waals surface area (Å²) in [5.41, 5.74) is 1.52. The lowest BCUT2D eigenvalue weighted by molar-refractivity contribution is 0.185. The van der Waals surface area contributed by atoms with Gasteiger partial charge in [-0.3, -0.25) is 0 Å². The maximum Gasteiger partial charge on any atom is 0.318 e. The van der Waals surface area contributed by atoms with Crippen LogP contribution in [0.5, 0.6) is 0 Å². The van der Waals surface area contributed by atoms with Crippen molar-refractivity contribution < 1.29 is 13.6 Å². The van der Waals surface area contributed by atoms with Crippen molar-refractivity contribution in [1.82, 2.24) is 10.2 Å². The van der Waals surface area contributed by atoms with Crippen LogP contribution in [-0.2, 0) is 0 Å². The Morgan fingerprint density at radius 2 is 1.88 bits per heavy atom. The Kier molecular flexibility index (Phi) is 4.74. The number of fused-ring (bicyclic) bond motifs is 1. The summed E-state index contributed by atoms with van der Waals surface area (Å²) in [5, 5.41) is 3.89. The SMILES string of the molecule is C[C@@H](NC(=O)N(C)[C@@H](C)c1cc2ccccc2o1)c1cccc(F)c1.